The first-order valence-electron chi connectivity index (χ1n) is 6.18. The van der Waals surface area contributed by atoms with E-state index in [-0.39, 0.29) is 23.9 Å². The number of benzene rings is 1. The van der Waals surface area contributed by atoms with E-state index in [4.69, 9.17) is 5.11 Å². The molecule has 1 aromatic rings. The Balaban J connectivity index is 2.56. The van der Waals surface area contributed by atoms with Gasteiger partial charge in [0.2, 0.25) is 5.91 Å². The third-order valence-corrected chi connectivity index (χ3v) is 2.92. The molecule has 2 N–H and O–H groups in total. The van der Waals surface area contributed by atoms with Crippen LogP contribution < -0.4 is 5.32 Å². The number of carbonyl (C=O) groups is 2. The maximum atomic E-state index is 11.7. The van der Waals surface area contributed by atoms with E-state index in [2.05, 4.69) is 5.32 Å². The number of hydrogen-bond acceptors (Lipinski definition) is 2. The molecule has 1 amide bonds. The van der Waals surface area contributed by atoms with Crippen LogP contribution in [0.3, 0.4) is 0 Å². The van der Waals surface area contributed by atoms with Gasteiger partial charge in [-0.3, -0.25) is 4.79 Å². The van der Waals surface area contributed by atoms with E-state index >= 15 is 0 Å². The molecule has 0 aromatic heterocycles. The standard InChI is InChI=1S/C14H19NO3/c1-3-12(4-2)15-13(16)9-10-5-7-11(8-6-10)14(17)18/h5-8,12H,3-4,9H2,1-2H3,(H,15,16)(H,17,18). The van der Waals surface area contributed by atoms with Gasteiger partial charge in [0.05, 0.1) is 12.0 Å². The smallest absolute Gasteiger partial charge is 0.335 e. The van der Waals surface area contributed by atoms with E-state index in [0.29, 0.717) is 0 Å². The first-order chi connectivity index (χ1) is 8.56. The van der Waals surface area contributed by atoms with Crippen LogP contribution in [0.5, 0.6) is 0 Å². The maximum Gasteiger partial charge on any atom is 0.335 e. The largest absolute Gasteiger partial charge is 0.478 e. The summed E-state index contributed by atoms with van der Waals surface area (Å²) in [6.45, 7) is 4.08. The predicted molar refractivity (Wildman–Crippen MR) is 69.6 cm³/mol. The van der Waals surface area contributed by atoms with Gasteiger partial charge >= 0.3 is 5.97 Å². The summed E-state index contributed by atoms with van der Waals surface area (Å²) in [6, 6.07) is 6.60. The highest BCUT2D eigenvalue weighted by atomic mass is 16.4. The molecular weight excluding hydrogens is 230 g/mol. The van der Waals surface area contributed by atoms with Crippen LogP contribution in [-0.2, 0) is 11.2 Å². The monoisotopic (exact) mass is 249 g/mol. The van der Waals surface area contributed by atoms with Crippen LogP contribution >= 0.6 is 0 Å². The summed E-state index contributed by atoms with van der Waals surface area (Å²) >= 11 is 0. The molecule has 0 radical (unpaired) electrons. The second-order valence-electron chi connectivity index (χ2n) is 4.26. The van der Waals surface area contributed by atoms with Crippen LogP contribution in [0.2, 0.25) is 0 Å². The van der Waals surface area contributed by atoms with Gasteiger partial charge < -0.3 is 10.4 Å². The lowest BCUT2D eigenvalue weighted by atomic mass is 10.1. The molecule has 0 aliphatic heterocycles. The van der Waals surface area contributed by atoms with Gasteiger partial charge in [0.15, 0.2) is 0 Å². The quantitative estimate of drug-likeness (QED) is 0.812. The van der Waals surface area contributed by atoms with Crippen LogP contribution in [0.15, 0.2) is 24.3 Å². The molecule has 0 fully saturated rings. The molecule has 0 saturated heterocycles. The molecule has 0 aliphatic carbocycles. The van der Waals surface area contributed by atoms with Crippen molar-refractivity contribution < 1.29 is 14.7 Å². The zero-order valence-electron chi connectivity index (χ0n) is 10.8. The maximum absolute atomic E-state index is 11.7. The molecule has 0 spiro atoms. The SMILES string of the molecule is CCC(CC)NC(=O)Cc1ccc(C(=O)O)cc1. The predicted octanol–water partition coefficient (Wildman–Crippen LogP) is 2.23. The highest BCUT2D eigenvalue weighted by molar-refractivity contribution is 5.87. The minimum absolute atomic E-state index is 0.0215. The summed E-state index contributed by atoms with van der Waals surface area (Å²) < 4.78 is 0. The fourth-order valence-corrected chi connectivity index (χ4v) is 1.72. The Morgan fingerprint density at radius 2 is 1.72 bits per heavy atom. The molecule has 0 atom stereocenters. The lowest BCUT2D eigenvalue weighted by Crippen LogP contribution is -2.34. The van der Waals surface area contributed by atoms with Gasteiger partial charge in [-0.2, -0.15) is 0 Å². The van der Waals surface area contributed by atoms with Crippen molar-refractivity contribution >= 4 is 11.9 Å². The fraction of sp³-hybridized carbons (Fsp3) is 0.429. The van der Waals surface area contributed by atoms with Crippen molar-refractivity contribution in [1.29, 1.82) is 0 Å². The van der Waals surface area contributed by atoms with Gasteiger partial charge in [-0.05, 0) is 30.5 Å². The van der Waals surface area contributed by atoms with E-state index in [1.54, 1.807) is 12.1 Å². The fourth-order valence-electron chi connectivity index (χ4n) is 1.72. The summed E-state index contributed by atoms with van der Waals surface area (Å²) in [5, 5.41) is 11.7. The highest BCUT2D eigenvalue weighted by Crippen LogP contribution is 2.06. The Morgan fingerprint density at radius 3 is 2.17 bits per heavy atom. The first kappa shape index (κ1) is 14.2. The van der Waals surface area contributed by atoms with Crippen molar-refractivity contribution in [1.82, 2.24) is 5.32 Å². The van der Waals surface area contributed by atoms with Gasteiger partial charge in [-0.1, -0.05) is 26.0 Å². The van der Waals surface area contributed by atoms with Crippen molar-refractivity contribution in [2.24, 2.45) is 0 Å². The number of carboxylic acids is 1. The van der Waals surface area contributed by atoms with E-state index in [1.165, 1.54) is 12.1 Å². The lowest BCUT2D eigenvalue weighted by molar-refractivity contribution is -0.121. The third-order valence-electron chi connectivity index (χ3n) is 2.92. The Hall–Kier alpha value is -1.84. The summed E-state index contributed by atoms with van der Waals surface area (Å²) in [4.78, 5) is 22.4. The molecule has 1 rings (SSSR count). The van der Waals surface area contributed by atoms with Crippen molar-refractivity contribution in [3.05, 3.63) is 35.4 Å². The third kappa shape index (κ3) is 4.20. The average molecular weight is 249 g/mol. The van der Waals surface area contributed by atoms with Gasteiger partial charge in [-0.15, -0.1) is 0 Å². The van der Waals surface area contributed by atoms with Crippen molar-refractivity contribution in [3.8, 4) is 0 Å². The lowest BCUT2D eigenvalue weighted by Gasteiger charge is -2.14. The molecule has 4 heteroatoms. The summed E-state index contributed by atoms with van der Waals surface area (Å²) in [5.41, 5.74) is 1.06. The topological polar surface area (TPSA) is 66.4 Å². The molecule has 0 aliphatic rings. The second-order valence-corrected chi connectivity index (χ2v) is 4.26. The molecule has 0 saturated carbocycles. The van der Waals surface area contributed by atoms with Gasteiger partial charge in [0.1, 0.15) is 0 Å². The van der Waals surface area contributed by atoms with Crippen LogP contribution in [-0.4, -0.2) is 23.0 Å². The number of carboxylic acid groups (broad SMARTS) is 1. The van der Waals surface area contributed by atoms with Gasteiger partial charge in [-0.25, -0.2) is 4.79 Å². The average Bonchev–Trinajstić information content (AvgIpc) is 2.36. The van der Waals surface area contributed by atoms with E-state index < -0.39 is 5.97 Å². The molecule has 0 heterocycles. The minimum Gasteiger partial charge on any atom is -0.478 e. The van der Waals surface area contributed by atoms with Crippen LogP contribution in [0.1, 0.15) is 42.6 Å². The number of carbonyl (C=O) groups excluding carboxylic acids is 1. The van der Waals surface area contributed by atoms with Crippen molar-refractivity contribution in [2.45, 2.75) is 39.2 Å². The zero-order chi connectivity index (χ0) is 13.5. The molecule has 4 nitrogen and oxygen atoms in total. The minimum atomic E-state index is -0.956. The first-order valence-corrected chi connectivity index (χ1v) is 6.18. The molecule has 0 bridgehead atoms. The Kier molecular flexibility index (Phi) is 5.36. The number of aromatic carboxylic acids is 1. The molecule has 0 unspecified atom stereocenters. The zero-order valence-corrected chi connectivity index (χ0v) is 10.8. The highest BCUT2D eigenvalue weighted by Gasteiger charge is 2.09. The van der Waals surface area contributed by atoms with Crippen molar-refractivity contribution in [2.75, 3.05) is 0 Å². The Labute approximate surface area is 107 Å². The normalized spacial score (nSPS) is 10.4. The summed E-state index contributed by atoms with van der Waals surface area (Å²) in [5.74, 6) is -0.977. The molecule has 1 aromatic carbocycles. The number of amides is 1. The van der Waals surface area contributed by atoms with E-state index in [9.17, 15) is 9.59 Å². The summed E-state index contributed by atoms with van der Waals surface area (Å²) in [7, 11) is 0. The number of hydrogen-bond donors (Lipinski definition) is 2. The second kappa shape index (κ2) is 6.79. The number of nitrogens with one attached hydrogen (secondary N) is 1. The molecule has 18 heavy (non-hydrogen) atoms. The molecular formula is C14H19NO3. The van der Waals surface area contributed by atoms with Crippen LogP contribution in [0, 0.1) is 0 Å². The van der Waals surface area contributed by atoms with Gasteiger partial charge in [0, 0.05) is 6.04 Å². The van der Waals surface area contributed by atoms with Crippen LogP contribution in [0.4, 0.5) is 0 Å². The number of rotatable bonds is 6. The Morgan fingerprint density at radius 1 is 1.17 bits per heavy atom. The van der Waals surface area contributed by atoms with E-state index in [0.717, 1.165) is 18.4 Å². The van der Waals surface area contributed by atoms with E-state index in [1.807, 2.05) is 13.8 Å². The molecule has 98 valence electrons. The van der Waals surface area contributed by atoms with Gasteiger partial charge in [0.25, 0.3) is 0 Å². The Bertz CT molecular complexity index is 408. The van der Waals surface area contributed by atoms with Crippen LogP contribution in [0.25, 0.3) is 0 Å². The van der Waals surface area contributed by atoms with Crippen molar-refractivity contribution in [3.63, 3.8) is 0 Å². The summed E-state index contributed by atoms with van der Waals surface area (Å²) in [6.07, 6.45) is 2.12.